The van der Waals surface area contributed by atoms with Gasteiger partial charge in [0.1, 0.15) is 0 Å². The van der Waals surface area contributed by atoms with Crippen molar-refractivity contribution in [1.82, 2.24) is 5.32 Å². The molecule has 2 rings (SSSR count). The van der Waals surface area contributed by atoms with E-state index in [1.807, 2.05) is 0 Å². The van der Waals surface area contributed by atoms with Crippen molar-refractivity contribution in [3.8, 4) is 0 Å². The number of β-amino-alcohol motifs (C(OH)–C–C–N with tert-alkyl or cyclic N) is 1. The number of hydrogen-bond donors (Lipinski definition) is 2. The van der Waals surface area contributed by atoms with Crippen LogP contribution in [0.4, 0.5) is 0 Å². The second kappa shape index (κ2) is 7.74. The monoisotopic (exact) mass is 285 g/mol. The molecule has 2 unspecified atom stereocenters. The molecule has 20 heavy (non-hydrogen) atoms. The Morgan fingerprint density at radius 3 is 2.75 bits per heavy atom. The van der Waals surface area contributed by atoms with Crippen LogP contribution in [-0.4, -0.2) is 49.2 Å². The van der Waals surface area contributed by atoms with Gasteiger partial charge in [-0.25, -0.2) is 0 Å². The molecule has 1 heterocycles. The highest BCUT2D eigenvalue weighted by molar-refractivity contribution is 4.86. The molecule has 118 valence electrons. The normalized spacial score (nSPS) is 36.8. The first-order valence-corrected chi connectivity index (χ1v) is 8.20. The van der Waals surface area contributed by atoms with Gasteiger partial charge in [-0.15, -0.1) is 0 Å². The summed E-state index contributed by atoms with van der Waals surface area (Å²) in [6, 6.07) is 0. The highest BCUT2D eigenvalue weighted by Crippen LogP contribution is 2.25. The Morgan fingerprint density at radius 1 is 1.35 bits per heavy atom. The maximum Gasteiger partial charge on any atom is 0.0898 e. The summed E-state index contributed by atoms with van der Waals surface area (Å²) in [5.74, 6) is 0.840. The fourth-order valence-electron chi connectivity index (χ4n) is 3.14. The highest BCUT2D eigenvalue weighted by atomic mass is 16.5. The first-order valence-electron chi connectivity index (χ1n) is 8.20. The van der Waals surface area contributed by atoms with Crippen molar-refractivity contribution < 1.29 is 14.6 Å². The number of rotatable bonds is 6. The van der Waals surface area contributed by atoms with Gasteiger partial charge in [0.05, 0.1) is 25.4 Å². The van der Waals surface area contributed by atoms with Crippen molar-refractivity contribution >= 4 is 0 Å². The second-order valence-electron chi connectivity index (χ2n) is 6.97. The standard InChI is InChI=1S/C16H31NO3/c1-13-4-6-15(7-5-13)20-11-14(18)10-17-16(2)8-3-9-19-12-16/h13-15,17-18H,3-12H2,1-2H3. The number of aliphatic hydroxyl groups is 1. The van der Waals surface area contributed by atoms with E-state index in [0.717, 1.165) is 44.8 Å². The van der Waals surface area contributed by atoms with E-state index in [-0.39, 0.29) is 5.54 Å². The zero-order chi connectivity index (χ0) is 14.4. The van der Waals surface area contributed by atoms with Crippen LogP contribution in [0.3, 0.4) is 0 Å². The molecule has 0 radical (unpaired) electrons. The number of hydrogen-bond acceptors (Lipinski definition) is 4. The van der Waals surface area contributed by atoms with E-state index in [1.54, 1.807) is 0 Å². The molecule has 0 aromatic carbocycles. The fraction of sp³-hybridized carbons (Fsp3) is 1.00. The molecule has 0 spiro atoms. The van der Waals surface area contributed by atoms with Crippen molar-refractivity contribution in [1.29, 1.82) is 0 Å². The summed E-state index contributed by atoms with van der Waals surface area (Å²) in [5.41, 5.74) is 0.0134. The lowest BCUT2D eigenvalue weighted by molar-refractivity contribution is -0.0340. The lowest BCUT2D eigenvalue weighted by Crippen LogP contribution is -2.51. The van der Waals surface area contributed by atoms with Gasteiger partial charge >= 0.3 is 0 Å². The lowest BCUT2D eigenvalue weighted by Gasteiger charge is -2.35. The van der Waals surface area contributed by atoms with Crippen LogP contribution in [0, 0.1) is 5.92 Å². The Morgan fingerprint density at radius 2 is 2.10 bits per heavy atom. The Kier molecular flexibility index (Phi) is 6.27. The second-order valence-corrected chi connectivity index (χ2v) is 6.97. The predicted molar refractivity (Wildman–Crippen MR) is 79.8 cm³/mol. The van der Waals surface area contributed by atoms with E-state index in [0.29, 0.717) is 19.3 Å². The third-order valence-electron chi connectivity index (χ3n) is 4.69. The van der Waals surface area contributed by atoms with Gasteiger partial charge in [-0.05, 0) is 51.4 Å². The van der Waals surface area contributed by atoms with Crippen LogP contribution in [0.1, 0.15) is 52.4 Å². The highest BCUT2D eigenvalue weighted by Gasteiger charge is 2.27. The summed E-state index contributed by atoms with van der Waals surface area (Å²) in [6.45, 7) is 7.11. The summed E-state index contributed by atoms with van der Waals surface area (Å²) >= 11 is 0. The van der Waals surface area contributed by atoms with E-state index in [9.17, 15) is 5.11 Å². The van der Waals surface area contributed by atoms with Gasteiger partial charge in [0.15, 0.2) is 0 Å². The van der Waals surface area contributed by atoms with E-state index in [1.165, 1.54) is 12.8 Å². The summed E-state index contributed by atoms with van der Waals surface area (Å²) in [5, 5.41) is 13.5. The Labute approximate surface area is 123 Å². The molecule has 1 saturated heterocycles. The molecule has 2 fully saturated rings. The van der Waals surface area contributed by atoms with Crippen LogP contribution in [0.25, 0.3) is 0 Å². The van der Waals surface area contributed by atoms with Crippen LogP contribution >= 0.6 is 0 Å². The smallest absolute Gasteiger partial charge is 0.0898 e. The third kappa shape index (κ3) is 5.32. The largest absolute Gasteiger partial charge is 0.389 e. The van der Waals surface area contributed by atoms with Gasteiger partial charge < -0.3 is 19.9 Å². The molecule has 4 heteroatoms. The number of ether oxygens (including phenoxy) is 2. The summed E-state index contributed by atoms with van der Waals surface area (Å²) in [4.78, 5) is 0. The molecular formula is C16H31NO3. The Bertz CT molecular complexity index is 271. The topological polar surface area (TPSA) is 50.7 Å². The van der Waals surface area contributed by atoms with Crippen LogP contribution in [0.2, 0.25) is 0 Å². The van der Waals surface area contributed by atoms with Crippen molar-refractivity contribution in [2.75, 3.05) is 26.4 Å². The minimum absolute atomic E-state index is 0.0134. The van der Waals surface area contributed by atoms with Gasteiger partial charge in [-0.3, -0.25) is 0 Å². The summed E-state index contributed by atoms with van der Waals surface area (Å²) < 4.78 is 11.4. The summed E-state index contributed by atoms with van der Waals surface area (Å²) in [6.07, 6.45) is 6.95. The van der Waals surface area contributed by atoms with E-state index in [4.69, 9.17) is 9.47 Å². The quantitative estimate of drug-likeness (QED) is 0.785. The van der Waals surface area contributed by atoms with Gasteiger partial charge in [-0.1, -0.05) is 6.92 Å². The molecule has 0 bridgehead atoms. The average Bonchev–Trinajstić information content (AvgIpc) is 2.45. The van der Waals surface area contributed by atoms with Gasteiger partial charge in [0.25, 0.3) is 0 Å². The number of aliphatic hydroxyl groups excluding tert-OH is 1. The molecule has 2 aliphatic rings. The lowest BCUT2D eigenvalue weighted by atomic mass is 9.89. The molecule has 1 saturated carbocycles. The third-order valence-corrected chi connectivity index (χ3v) is 4.69. The summed E-state index contributed by atoms with van der Waals surface area (Å²) in [7, 11) is 0. The molecule has 2 atom stereocenters. The van der Waals surface area contributed by atoms with Crippen molar-refractivity contribution in [3.05, 3.63) is 0 Å². The van der Waals surface area contributed by atoms with Crippen molar-refractivity contribution in [3.63, 3.8) is 0 Å². The van der Waals surface area contributed by atoms with Gasteiger partial charge in [-0.2, -0.15) is 0 Å². The van der Waals surface area contributed by atoms with Gasteiger partial charge in [0.2, 0.25) is 0 Å². The fourth-order valence-corrected chi connectivity index (χ4v) is 3.14. The zero-order valence-electron chi connectivity index (χ0n) is 13.1. The van der Waals surface area contributed by atoms with Gasteiger partial charge in [0, 0.05) is 18.7 Å². The molecular weight excluding hydrogens is 254 g/mol. The molecule has 1 aliphatic heterocycles. The van der Waals surface area contributed by atoms with E-state index < -0.39 is 6.10 Å². The number of nitrogens with one attached hydrogen (secondary N) is 1. The molecule has 0 aromatic heterocycles. The van der Waals surface area contributed by atoms with E-state index >= 15 is 0 Å². The van der Waals surface area contributed by atoms with Crippen molar-refractivity contribution in [2.24, 2.45) is 5.92 Å². The SMILES string of the molecule is CC1CCC(OCC(O)CNC2(C)CCCOC2)CC1. The van der Waals surface area contributed by atoms with Crippen LogP contribution in [0.5, 0.6) is 0 Å². The molecule has 2 N–H and O–H groups in total. The Hall–Kier alpha value is -0.160. The molecule has 4 nitrogen and oxygen atoms in total. The maximum absolute atomic E-state index is 10.0. The van der Waals surface area contributed by atoms with E-state index in [2.05, 4.69) is 19.2 Å². The van der Waals surface area contributed by atoms with Crippen LogP contribution in [0.15, 0.2) is 0 Å². The molecule has 1 aliphatic carbocycles. The Balaban J connectivity index is 1.59. The van der Waals surface area contributed by atoms with Crippen LogP contribution < -0.4 is 5.32 Å². The predicted octanol–water partition coefficient (Wildman–Crippen LogP) is 2.10. The first-order chi connectivity index (χ1) is 9.57. The first kappa shape index (κ1) is 16.2. The minimum atomic E-state index is -0.423. The average molecular weight is 285 g/mol. The van der Waals surface area contributed by atoms with Crippen LogP contribution in [-0.2, 0) is 9.47 Å². The molecule has 0 amide bonds. The molecule has 0 aromatic rings. The maximum atomic E-state index is 10.0. The van der Waals surface area contributed by atoms with Crippen molar-refractivity contribution in [2.45, 2.75) is 70.1 Å². The zero-order valence-corrected chi connectivity index (χ0v) is 13.1. The minimum Gasteiger partial charge on any atom is -0.389 e.